The van der Waals surface area contributed by atoms with Crippen LogP contribution in [0.3, 0.4) is 0 Å². The number of aliphatic hydroxyl groups excluding tert-OH is 3. The van der Waals surface area contributed by atoms with Crippen molar-refractivity contribution in [1.29, 1.82) is 0 Å². The van der Waals surface area contributed by atoms with E-state index in [4.69, 9.17) is 21.9 Å². The highest BCUT2D eigenvalue weighted by Crippen LogP contribution is 2.26. The van der Waals surface area contributed by atoms with E-state index in [0.29, 0.717) is 0 Å². The molecule has 0 aliphatic carbocycles. The molecule has 1 heterocycles. The van der Waals surface area contributed by atoms with Crippen LogP contribution in [0.1, 0.15) is 168 Å². The number of ether oxygens (including phenoxy) is 1. The van der Waals surface area contributed by atoms with Crippen molar-refractivity contribution in [2.75, 3.05) is 13.1 Å². The molecule has 1 aromatic carbocycles. The Kier molecular flexibility index (Phi) is 33.5. The predicted molar refractivity (Wildman–Crippen MR) is 361 cm³/mol. The van der Waals surface area contributed by atoms with Gasteiger partial charge in [-0.25, -0.2) is 4.79 Å². The van der Waals surface area contributed by atoms with Gasteiger partial charge in [-0.15, -0.1) is 0 Å². The van der Waals surface area contributed by atoms with E-state index < -0.39 is 197 Å². The van der Waals surface area contributed by atoms with Crippen molar-refractivity contribution in [1.82, 2.24) is 63.8 Å². The molecular weight excluding hydrogens is 1280 g/mol. The molecule has 33 heteroatoms. The summed E-state index contributed by atoms with van der Waals surface area (Å²) >= 11 is 0. The van der Waals surface area contributed by atoms with E-state index in [1.165, 1.54) is 38.1 Å². The summed E-state index contributed by atoms with van der Waals surface area (Å²) in [5.41, 5.74) is 14.2. The topological polar surface area (TPSA) is 527 Å². The minimum Gasteiger partial charge on any atom is -0.444 e. The van der Waals surface area contributed by atoms with Crippen LogP contribution < -0.4 is 81.0 Å². The fraction of sp³-hybridized carbons (Fsp3) is 0.692. The van der Waals surface area contributed by atoms with Crippen LogP contribution in [0, 0.1) is 28.6 Å². The van der Waals surface area contributed by atoms with Crippen molar-refractivity contribution in [3.05, 3.63) is 35.9 Å². The highest BCUT2D eigenvalue weighted by Gasteiger charge is 2.43. The molecule has 1 fully saturated rings. The van der Waals surface area contributed by atoms with Crippen LogP contribution in [-0.4, -0.2) is 196 Å². The monoisotopic (exact) mass is 1390 g/mol. The minimum atomic E-state index is -2.50. The van der Waals surface area contributed by atoms with E-state index in [9.17, 15) is 63.3 Å². The first-order valence-electron chi connectivity index (χ1n) is 32.9. The predicted octanol–water partition coefficient (Wildman–Crippen LogP) is -2.49. The van der Waals surface area contributed by atoms with Gasteiger partial charge in [-0.05, 0) is 101 Å². The molecule has 2 rings (SSSR count). The maximum Gasteiger partial charge on any atom is 0.408 e. The zero-order valence-corrected chi connectivity index (χ0v) is 59.6. The summed E-state index contributed by atoms with van der Waals surface area (Å²) in [5, 5.41) is 63.7. The molecule has 15 atom stereocenters. The van der Waals surface area contributed by atoms with Crippen LogP contribution in [0.5, 0.6) is 0 Å². The van der Waals surface area contributed by atoms with Crippen molar-refractivity contribution < 1.29 is 82.4 Å². The van der Waals surface area contributed by atoms with E-state index in [1.54, 1.807) is 75.3 Å². The number of nitrogens with zero attached hydrogens (tertiary/aromatic N) is 1. The molecule has 13 amide bonds. The van der Waals surface area contributed by atoms with E-state index in [1.807, 2.05) is 20.8 Å². The molecule has 33 nitrogen and oxygen atoms in total. The number of carbonyl (C=O) groups is 13. The van der Waals surface area contributed by atoms with E-state index in [0.717, 1.165) is 13.8 Å². The van der Waals surface area contributed by atoms with Crippen LogP contribution in [0.25, 0.3) is 0 Å². The van der Waals surface area contributed by atoms with Gasteiger partial charge in [0.25, 0.3) is 0 Å². The summed E-state index contributed by atoms with van der Waals surface area (Å²) in [6.45, 7) is 26.4. The van der Waals surface area contributed by atoms with Crippen molar-refractivity contribution in [2.24, 2.45) is 50.8 Å². The average molecular weight is 1390 g/mol. The Bertz CT molecular complexity index is 2960. The summed E-state index contributed by atoms with van der Waals surface area (Å²) in [6.07, 6.45) is -7.09. The Morgan fingerprint density at radius 1 is 0.612 bits per heavy atom. The quantitative estimate of drug-likeness (QED) is 0.0344. The standard InChI is InChI=1S/C65H110N16O17/c1-18-33(6)42-57(93)78-43(35(8)82)56(92)70-30-41(83)76-47(49(85)50(66)86)59(95)71-34(7)51(87)79-44(36-23-20-19-21-24-36)45(80-55(91)39(28-63(9,10)11)74-54(90)40(29-64(12,13)14)75-62(97)98-65(15,16)17)58(94)81-46(48(84)32(4)5)60(96)73-38(27-31(2)3)53(89)72-37(52(88)77-42)25-22-26-69-61(67)68/h19-21,23-24,31-35,37-40,42-49,82,84-85H,18,22,25-30H2,1-17H3,(H2,66,86)(H,70,92)(H,71,95)(H,72,89)(H,73,96)(H,74,90)(H,75,97)(H,76,83)(H,77,88)(H,78,93)(H,79,87)(H,80,91)(H,81,94)(H4,67,68,69)/t33-,34-,35-,37+,38-,39-,40+,42-,43-,44+,45-,46-,47?,48+,49-/m0/s1. The number of nitrogens with one attached hydrogen (secondary N) is 12. The lowest BCUT2D eigenvalue weighted by atomic mass is 9.86. The number of aliphatic hydroxyl groups is 3. The third kappa shape index (κ3) is 29.6. The molecule has 1 aromatic rings. The van der Waals surface area contributed by atoms with Gasteiger partial charge in [0.15, 0.2) is 12.1 Å². The second-order valence-electron chi connectivity index (χ2n) is 29.0. The molecule has 0 aromatic heterocycles. The Morgan fingerprint density at radius 3 is 1.64 bits per heavy atom. The number of carbonyl (C=O) groups excluding carboxylic acids is 13. The number of alkyl carbamates (subject to hydrolysis) is 1. The number of aliphatic imine (C=N–C) groups is 1. The fourth-order valence-corrected chi connectivity index (χ4v) is 10.1. The molecule has 1 unspecified atom stereocenters. The lowest BCUT2D eigenvalue weighted by Gasteiger charge is -2.35. The highest BCUT2D eigenvalue weighted by atomic mass is 16.6. The number of hydrogen-bond donors (Lipinski definition) is 18. The van der Waals surface area contributed by atoms with Gasteiger partial charge in [-0.2, -0.15) is 0 Å². The third-order valence-electron chi connectivity index (χ3n) is 15.4. The second-order valence-corrected chi connectivity index (χ2v) is 29.0. The Labute approximate surface area is 573 Å². The average Bonchev–Trinajstić information content (AvgIpc) is 0.808. The molecule has 98 heavy (non-hydrogen) atoms. The molecule has 1 saturated heterocycles. The zero-order chi connectivity index (χ0) is 75.1. The van der Waals surface area contributed by atoms with Gasteiger partial charge in [-0.3, -0.25) is 62.5 Å². The number of nitrogens with two attached hydrogens (primary N) is 3. The lowest BCUT2D eigenvalue weighted by Crippen LogP contribution is -2.65. The lowest BCUT2D eigenvalue weighted by molar-refractivity contribution is -0.140. The number of rotatable bonds is 21. The first-order valence-corrected chi connectivity index (χ1v) is 32.9. The van der Waals surface area contributed by atoms with Gasteiger partial charge in [0.1, 0.15) is 66.0 Å². The number of guanidine groups is 1. The van der Waals surface area contributed by atoms with Gasteiger partial charge in [0.05, 0.1) is 24.8 Å². The smallest absolute Gasteiger partial charge is 0.408 e. The van der Waals surface area contributed by atoms with Crippen molar-refractivity contribution >= 4 is 82.9 Å². The molecule has 0 radical (unpaired) electrons. The Balaban J connectivity index is 3.18. The summed E-state index contributed by atoms with van der Waals surface area (Å²) in [7, 11) is 0. The van der Waals surface area contributed by atoms with Crippen molar-refractivity contribution in [3.8, 4) is 0 Å². The number of primary amides is 1. The first-order chi connectivity index (χ1) is 45.2. The molecule has 1 aliphatic heterocycles. The van der Waals surface area contributed by atoms with Gasteiger partial charge >= 0.3 is 6.09 Å². The highest BCUT2D eigenvalue weighted by molar-refractivity contribution is 6.01. The first kappa shape index (κ1) is 85.4. The Hall–Kier alpha value is -8.72. The molecular formula is C65H110N16O17. The summed E-state index contributed by atoms with van der Waals surface area (Å²) in [6, 6.07) is -11.7. The van der Waals surface area contributed by atoms with Gasteiger partial charge in [0, 0.05) is 6.54 Å². The van der Waals surface area contributed by atoms with E-state index in [2.05, 4.69) is 68.8 Å². The normalized spacial score (nSPS) is 24.0. The van der Waals surface area contributed by atoms with Gasteiger partial charge < -0.3 is 101 Å². The zero-order valence-electron chi connectivity index (χ0n) is 59.6. The minimum absolute atomic E-state index is 0.0264. The van der Waals surface area contributed by atoms with Gasteiger partial charge in [-0.1, -0.05) is 120 Å². The third-order valence-corrected chi connectivity index (χ3v) is 15.4. The summed E-state index contributed by atoms with van der Waals surface area (Å²) in [4.78, 5) is 190. The largest absolute Gasteiger partial charge is 0.444 e. The number of amides is 13. The maximum absolute atomic E-state index is 15.7. The summed E-state index contributed by atoms with van der Waals surface area (Å²) < 4.78 is 5.48. The molecule has 0 spiro atoms. The number of hydrogen-bond acceptors (Lipinski definition) is 18. The second kappa shape index (κ2) is 38.4. The molecule has 552 valence electrons. The van der Waals surface area contributed by atoms with Crippen molar-refractivity contribution in [3.63, 3.8) is 0 Å². The fourth-order valence-electron chi connectivity index (χ4n) is 10.1. The molecule has 21 N–H and O–H groups in total. The molecule has 0 bridgehead atoms. The van der Waals surface area contributed by atoms with Crippen LogP contribution in [-0.2, 0) is 62.3 Å². The molecule has 1 aliphatic rings. The van der Waals surface area contributed by atoms with E-state index in [-0.39, 0.29) is 62.5 Å². The van der Waals surface area contributed by atoms with Crippen LogP contribution in [0.4, 0.5) is 4.79 Å². The van der Waals surface area contributed by atoms with Crippen molar-refractivity contribution in [2.45, 2.75) is 247 Å². The number of benzene rings is 1. The van der Waals surface area contributed by atoms with Crippen LogP contribution in [0.2, 0.25) is 0 Å². The van der Waals surface area contributed by atoms with E-state index >= 15 is 14.4 Å². The summed E-state index contributed by atoms with van der Waals surface area (Å²) in [5.74, 6) is -16.1. The SMILES string of the molecule is CC[C@H](C)[C@@H]1NC(=O)[C@@H](CCCN=C(N)N)NC(=O)[C@H](CC(C)C)NC(=O)[C@H]([C@H](O)C(C)C)NC(=O)[C@@H](NC(=O)[C@H](CC(C)(C)C)NC(=O)[C@@H](CC(C)(C)C)NC(=O)OC(C)(C)C)[C@@H](c2ccccc2)NC(=O)[C@H](C)NC(=O)C([C@H](O)C(N)=O)NC(=O)CNC(=O)[C@H]([C@H](C)O)NC1=O. The van der Waals surface area contributed by atoms with Crippen LogP contribution in [0.15, 0.2) is 35.3 Å². The van der Waals surface area contributed by atoms with Gasteiger partial charge in [0.2, 0.25) is 70.9 Å². The van der Waals surface area contributed by atoms with Crippen LogP contribution >= 0.6 is 0 Å². The maximum atomic E-state index is 15.7. The molecule has 0 saturated carbocycles. The Morgan fingerprint density at radius 2 is 1.13 bits per heavy atom.